The summed E-state index contributed by atoms with van der Waals surface area (Å²) in [7, 11) is 0. The van der Waals surface area contributed by atoms with Crippen LogP contribution in [-0.2, 0) is 5.41 Å². The lowest BCUT2D eigenvalue weighted by molar-refractivity contribution is 0.660. The van der Waals surface area contributed by atoms with Crippen molar-refractivity contribution in [3.63, 3.8) is 0 Å². The summed E-state index contributed by atoms with van der Waals surface area (Å²) in [4.78, 5) is 4.78. The summed E-state index contributed by atoms with van der Waals surface area (Å²) >= 11 is 0. The predicted octanol–water partition coefficient (Wildman–Crippen LogP) is 15.7. The molecule has 0 atom stereocenters. The molecule has 10 rings (SSSR count). The molecular formula is C56H44N2. The van der Waals surface area contributed by atoms with E-state index >= 15 is 0 Å². The van der Waals surface area contributed by atoms with Gasteiger partial charge in [0.05, 0.1) is 0 Å². The highest BCUT2D eigenvalue weighted by Crippen LogP contribution is 2.52. The van der Waals surface area contributed by atoms with Crippen molar-refractivity contribution in [1.82, 2.24) is 0 Å². The van der Waals surface area contributed by atoms with E-state index in [1.165, 1.54) is 60.8 Å². The van der Waals surface area contributed by atoms with E-state index < -0.39 is 0 Å². The summed E-state index contributed by atoms with van der Waals surface area (Å²) in [6, 6.07) is 77.5. The molecule has 9 aromatic carbocycles. The second-order valence-corrected chi connectivity index (χ2v) is 15.9. The Labute approximate surface area is 341 Å². The average Bonchev–Trinajstić information content (AvgIpc) is 3.50. The standard InChI is InChI=1S/C56H44N2/c1-39-18-27-47(28-19-39)58(49-31-26-41-14-10-11-15-45(41)36-49)51-33-35-53-52-34-32-50(37-54(52)56(2,3)55(53)38-51)57(46-16-8-5-9-17-46)48-29-24-44(25-30-48)43-22-20-42(21-23-43)40-12-6-4-7-13-40/h4-38H,1-3H3. The number of hydrogen-bond donors (Lipinski definition) is 0. The molecule has 0 aromatic heterocycles. The van der Waals surface area contributed by atoms with Crippen molar-refractivity contribution in [2.75, 3.05) is 9.80 Å². The lowest BCUT2D eigenvalue weighted by Gasteiger charge is -2.29. The highest BCUT2D eigenvalue weighted by molar-refractivity contribution is 5.91. The SMILES string of the molecule is Cc1ccc(N(c2ccc3c(c2)C(C)(C)c2cc(N(c4ccccc4)c4ccc(-c5ccc(-c6ccccc6)cc5)cc4)ccc2-3)c2ccc3ccccc3c2)cc1. The van der Waals surface area contributed by atoms with Crippen LogP contribution < -0.4 is 9.80 Å². The molecule has 0 amide bonds. The maximum atomic E-state index is 2.42. The van der Waals surface area contributed by atoms with Crippen LogP contribution in [0.5, 0.6) is 0 Å². The molecule has 0 fully saturated rings. The van der Waals surface area contributed by atoms with Crippen molar-refractivity contribution in [2.45, 2.75) is 26.2 Å². The van der Waals surface area contributed by atoms with Gasteiger partial charge in [0, 0.05) is 39.5 Å². The fourth-order valence-electron chi connectivity index (χ4n) is 8.76. The summed E-state index contributed by atoms with van der Waals surface area (Å²) in [6.07, 6.45) is 0. The molecule has 2 heteroatoms. The third-order valence-corrected chi connectivity index (χ3v) is 11.9. The molecule has 1 aliphatic rings. The Morgan fingerprint density at radius 1 is 0.310 bits per heavy atom. The van der Waals surface area contributed by atoms with Gasteiger partial charge in [0.15, 0.2) is 0 Å². The molecule has 9 aromatic rings. The van der Waals surface area contributed by atoms with Gasteiger partial charge in [-0.1, -0.05) is 159 Å². The molecule has 2 nitrogen and oxygen atoms in total. The third-order valence-electron chi connectivity index (χ3n) is 11.9. The van der Waals surface area contributed by atoms with Gasteiger partial charge in [0.25, 0.3) is 0 Å². The summed E-state index contributed by atoms with van der Waals surface area (Å²) in [6.45, 7) is 6.90. The Balaban J connectivity index is 1.01. The number of benzene rings is 9. The fourth-order valence-corrected chi connectivity index (χ4v) is 8.76. The lowest BCUT2D eigenvalue weighted by Crippen LogP contribution is -2.17. The van der Waals surface area contributed by atoms with Gasteiger partial charge in [-0.3, -0.25) is 0 Å². The molecule has 0 bridgehead atoms. The van der Waals surface area contributed by atoms with Gasteiger partial charge in [-0.15, -0.1) is 0 Å². The topological polar surface area (TPSA) is 6.48 Å². The molecule has 0 saturated carbocycles. The Bertz CT molecular complexity index is 2890. The first-order valence-electron chi connectivity index (χ1n) is 20.2. The molecule has 278 valence electrons. The van der Waals surface area contributed by atoms with Crippen LogP contribution in [0.2, 0.25) is 0 Å². The van der Waals surface area contributed by atoms with E-state index in [4.69, 9.17) is 0 Å². The second kappa shape index (κ2) is 14.4. The first kappa shape index (κ1) is 35.3. The number of para-hydroxylation sites is 1. The summed E-state index contributed by atoms with van der Waals surface area (Å²) < 4.78 is 0. The number of fused-ring (bicyclic) bond motifs is 4. The van der Waals surface area contributed by atoms with E-state index in [1.54, 1.807) is 0 Å². The van der Waals surface area contributed by atoms with Crippen molar-refractivity contribution in [3.8, 4) is 33.4 Å². The summed E-state index contributed by atoms with van der Waals surface area (Å²) in [5, 5.41) is 2.47. The van der Waals surface area contributed by atoms with E-state index in [0.29, 0.717) is 0 Å². The zero-order valence-corrected chi connectivity index (χ0v) is 33.1. The van der Waals surface area contributed by atoms with E-state index in [2.05, 4.69) is 243 Å². The number of anilines is 6. The Kier molecular flexibility index (Phi) is 8.76. The van der Waals surface area contributed by atoms with Crippen LogP contribution in [-0.4, -0.2) is 0 Å². The van der Waals surface area contributed by atoms with Crippen molar-refractivity contribution in [3.05, 3.63) is 229 Å². The van der Waals surface area contributed by atoms with E-state index in [0.717, 1.165) is 34.1 Å². The highest BCUT2D eigenvalue weighted by atomic mass is 15.1. The Morgan fingerprint density at radius 3 is 1.26 bits per heavy atom. The van der Waals surface area contributed by atoms with E-state index in [-0.39, 0.29) is 5.41 Å². The van der Waals surface area contributed by atoms with Gasteiger partial charge < -0.3 is 9.80 Å². The molecule has 58 heavy (non-hydrogen) atoms. The van der Waals surface area contributed by atoms with Crippen LogP contribution in [0, 0.1) is 6.92 Å². The maximum Gasteiger partial charge on any atom is 0.0468 e. The molecule has 0 unspecified atom stereocenters. The molecule has 0 aliphatic heterocycles. The van der Waals surface area contributed by atoms with E-state index in [1.807, 2.05) is 0 Å². The van der Waals surface area contributed by atoms with Gasteiger partial charge in [-0.05, 0) is 135 Å². The minimum absolute atomic E-state index is 0.225. The first-order chi connectivity index (χ1) is 28.4. The van der Waals surface area contributed by atoms with Gasteiger partial charge in [0.2, 0.25) is 0 Å². The molecule has 0 heterocycles. The number of hydrogen-bond acceptors (Lipinski definition) is 2. The van der Waals surface area contributed by atoms with Crippen molar-refractivity contribution in [1.29, 1.82) is 0 Å². The maximum absolute atomic E-state index is 2.42. The monoisotopic (exact) mass is 744 g/mol. The Morgan fingerprint density at radius 2 is 0.690 bits per heavy atom. The highest BCUT2D eigenvalue weighted by Gasteiger charge is 2.37. The quantitative estimate of drug-likeness (QED) is 0.153. The number of aryl methyl sites for hydroxylation is 1. The molecule has 1 aliphatic carbocycles. The second-order valence-electron chi connectivity index (χ2n) is 15.9. The van der Waals surface area contributed by atoms with Crippen LogP contribution in [0.1, 0.15) is 30.5 Å². The molecular weight excluding hydrogens is 701 g/mol. The first-order valence-corrected chi connectivity index (χ1v) is 20.2. The predicted molar refractivity (Wildman–Crippen MR) is 246 cm³/mol. The molecule has 0 radical (unpaired) electrons. The van der Waals surface area contributed by atoms with Crippen molar-refractivity contribution < 1.29 is 0 Å². The normalized spacial score (nSPS) is 12.5. The van der Waals surface area contributed by atoms with Crippen LogP contribution in [0.4, 0.5) is 34.1 Å². The Hall–Kier alpha value is -7.16. The number of nitrogens with zero attached hydrogens (tertiary/aromatic N) is 2. The molecule has 0 N–H and O–H groups in total. The van der Waals surface area contributed by atoms with E-state index in [9.17, 15) is 0 Å². The van der Waals surface area contributed by atoms with Gasteiger partial charge in [-0.25, -0.2) is 0 Å². The minimum Gasteiger partial charge on any atom is -0.310 e. The van der Waals surface area contributed by atoms with Crippen LogP contribution in [0.15, 0.2) is 212 Å². The smallest absolute Gasteiger partial charge is 0.0468 e. The minimum atomic E-state index is -0.225. The largest absolute Gasteiger partial charge is 0.310 e. The van der Waals surface area contributed by atoms with Crippen molar-refractivity contribution >= 4 is 44.9 Å². The van der Waals surface area contributed by atoms with Crippen LogP contribution in [0.3, 0.4) is 0 Å². The van der Waals surface area contributed by atoms with Crippen LogP contribution >= 0.6 is 0 Å². The zero-order chi connectivity index (χ0) is 39.2. The lowest BCUT2D eigenvalue weighted by atomic mass is 9.82. The van der Waals surface area contributed by atoms with Crippen molar-refractivity contribution in [2.24, 2.45) is 0 Å². The third kappa shape index (κ3) is 6.33. The molecule has 0 saturated heterocycles. The summed E-state index contributed by atoms with van der Waals surface area (Å²) in [5.74, 6) is 0. The zero-order valence-electron chi connectivity index (χ0n) is 33.1. The number of rotatable bonds is 8. The van der Waals surface area contributed by atoms with Crippen LogP contribution in [0.25, 0.3) is 44.2 Å². The molecule has 0 spiro atoms. The fraction of sp³-hybridized carbons (Fsp3) is 0.0714. The van der Waals surface area contributed by atoms with Gasteiger partial charge in [-0.2, -0.15) is 0 Å². The van der Waals surface area contributed by atoms with Gasteiger partial charge in [0.1, 0.15) is 0 Å². The van der Waals surface area contributed by atoms with Gasteiger partial charge >= 0.3 is 0 Å². The summed E-state index contributed by atoms with van der Waals surface area (Å²) in [5.41, 5.74) is 18.0. The average molecular weight is 745 g/mol.